The predicted octanol–water partition coefficient (Wildman–Crippen LogP) is 5.40. The van der Waals surface area contributed by atoms with Crippen molar-refractivity contribution in [1.82, 2.24) is 5.06 Å². The number of benzene rings is 2. The molecule has 4 heteroatoms. The number of hydrogen-bond donors (Lipinski definition) is 0. The van der Waals surface area contributed by atoms with Crippen LogP contribution in [0.15, 0.2) is 60.7 Å². The van der Waals surface area contributed by atoms with Gasteiger partial charge < -0.3 is 0 Å². The van der Waals surface area contributed by atoms with Gasteiger partial charge in [-0.1, -0.05) is 93.3 Å². The first-order valence-electron chi connectivity index (χ1n) is 9.63. The summed E-state index contributed by atoms with van der Waals surface area (Å²) in [5.41, 5.74) is 1.02. The van der Waals surface area contributed by atoms with Crippen LogP contribution in [0.4, 0.5) is 0 Å². The van der Waals surface area contributed by atoms with Crippen LogP contribution in [0.5, 0.6) is 0 Å². The predicted molar refractivity (Wildman–Crippen MR) is 102 cm³/mol. The second kappa shape index (κ2) is 9.28. The molecule has 1 fully saturated rings. The average molecular weight is 355 g/mol. The van der Waals surface area contributed by atoms with Gasteiger partial charge in [-0.25, -0.2) is 0 Å². The van der Waals surface area contributed by atoms with E-state index in [4.69, 9.17) is 14.6 Å². The molecule has 140 valence electrons. The fourth-order valence-corrected chi connectivity index (χ4v) is 3.41. The van der Waals surface area contributed by atoms with Gasteiger partial charge in [0.1, 0.15) is 0 Å². The Balaban J connectivity index is 1.74. The highest BCUT2D eigenvalue weighted by Crippen LogP contribution is 2.40. The van der Waals surface area contributed by atoms with Gasteiger partial charge in [-0.15, -0.1) is 5.06 Å². The van der Waals surface area contributed by atoms with Crippen LogP contribution in [0, 0.1) is 0 Å². The molecule has 1 saturated heterocycles. The van der Waals surface area contributed by atoms with Crippen molar-refractivity contribution in [3.05, 3.63) is 71.8 Å². The highest BCUT2D eigenvalue weighted by atomic mass is 17.3. The van der Waals surface area contributed by atoms with E-state index in [-0.39, 0.29) is 6.29 Å². The van der Waals surface area contributed by atoms with Crippen molar-refractivity contribution in [2.24, 2.45) is 0 Å². The Morgan fingerprint density at radius 1 is 0.846 bits per heavy atom. The molecular formula is C22H29NO3. The molecule has 1 heterocycles. The summed E-state index contributed by atoms with van der Waals surface area (Å²) in [5.74, 6) is 0. The Bertz CT molecular complexity index is 607. The van der Waals surface area contributed by atoms with Crippen LogP contribution in [0.25, 0.3) is 0 Å². The van der Waals surface area contributed by atoms with Gasteiger partial charge in [0, 0.05) is 24.6 Å². The van der Waals surface area contributed by atoms with E-state index >= 15 is 0 Å². The fourth-order valence-electron chi connectivity index (χ4n) is 3.41. The van der Waals surface area contributed by atoms with Crippen molar-refractivity contribution in [1.29, 1.82) is 0 Å². The number of nitrogens with zero attached hydrogens (tertiary/aromatic N) is 1. The molecule has 0 bridgehead atoms. The van der Waals surface area contributed by atoms with Crippen LogP contribution in [-0.4, -0.2) is 18.4 Å². The van der Waals surface area contributed by atoms with Crippen LogP contribution >= 0.6 is 0 Å². The minimum Gasteiger partial charge on any atom is -0.261 e. The van der Waals surface area contributed by atoms with E-state index in [0.29, 0.717) is 0 Å². The molecule has 0 aromatic heterocycles. The van der Waals surface area contributed by atoms with E-state index in [0.717, 1.165) is 24.0 Å². The van der Waals surface area contributed by atoms with E-state index in [1.165, 1.54) is 25.7 Å². The highest BCUT2D eigenvalue weighted by Gasteiger charge is 2.47. The molecular weight excluding hydrogens is 326 g/mol. The molecule has 2 aromatic rings. The topological polar surface area (TPSA) is 30.9 Å². The number of rotatable bonds is 8. The monoisotopic (exact) mass is 355 g/mol. The van der Waals surface area contributed by atoms with Crippen molar-refractivity contribution in [2.75, 3.05) is 7.05 Å². The maximum atomic E-state index is 6.10. The molecule has 1 unspecified atom stereocenters. The first-order valence-corrected chi connectivity index (χ1v) is 9.63. The first kappa shape index (κ1) is 19.1. The van der Waals surface area contributed by atoms with Crippen molar-refractivity contribution < 1.29 is 14.6 Å². The van der Waals surface area contributed by atoms with Gasteiger partial charge in [-0.3, -0.25) is 4.84 Å². The molecule has 0 saturated carbocycles. The zero-order valence-electron chi connectivity index (χ0n) is 15.8. The standard InChI is InChI=1S/C22H29NO3/c1-3-4-5-6-13-18-21-24-23(2)22(26-25-21,19-14-9-7-10-15-19)20-16-11-8-12-17-20/h7-12,14-17,21H,3-6,13,18H2,1-2H3. The Morgan fingerprint density at radius 2 is 1.42 bits per heavy atom. The number of unbranched alkanes of at least 4 members (excludes halogenated alkanes) is 4. The summed E-state index contributed by atoms with van der Waals surface area (Å²) in [4.78, 5) is 17.9. The smallest absolute Gasteiger partial charge is 0.229 e. The summed E-state index contributed by atoms with van der Waals surface area (Å²) < 4.78 is 0. The van der Waals surface area contributed by atoms with E-state index in [1.807, 2.05) is 67.7 Å². The normalized spacial score (nSPS) is 20.2. The summed E-state index contributed by atoms with van der Waals surface area (Å²) in [6.07, 6.45) is 6.52. The highest BCUT2D eigenvalue weighted by molar-refractivity contribution is 5.35. The van der Waals surface area contributed by atoms with Gasteiger partial charge >= 0.3 is 0 Å². The van der Waals surface area contributed by atoms with Crippen molar-refractivity contribution in [2.45, 2.75) is 57.5 Å². The molecule has 4 nitrogen and oxygen atoms in total. The summed E-state index contributed by atoms with van der Waals surface area (Å²) in [6, 6.07) is 20.1. The van der Waals surface area contributed by atoms with Crippen molar-refractivity contribution >= 4 is 0 Å². The third kappa shape index (κ3) is 4.15. The van der Waals surface area contributed by atoms with E-state index in [1.54, 1.807) is 5.06 Å². The molecule has 0 N–H and O–H groups in total. The summed E-state index contributed by atoms with van der Waals surface area (Å²) in [7, 11) is 1.91. The third-order valence-corrected chi connectivity index (χ3v) is 4.87. The second-order valence-electron chi connectivity index (χ2n) is 6.79. The lowest BCUT2D eigenvalue weighted by Crippen LogP contribution is -2.53. The molecule has 1 atom stereocenters. The number of hydroxylamine groups is 2. The van der Waals surface area contributed by atoms with Crippen LogP contribution in [0.1, 0.15) is 56.6 Å². The maximum Gasteiger partial charge on any atom is 0.229 e. The van der Waals surface area contributed by atoms with Crippen LogP contribution < -0.4 is 0 Å². The van der Waals surface area contributed by atoms with Crippen molar-refractivity contribution in [3.8, 4) is 0 Å². The molecule has 1 aliphatic heterocycles. The third-order valence-electron chi connectivity index (χ3n) is 4.87. The second-order valence-corrected chi connectivity index (χ2v) is 6.79. The average Bonchev–Trinajstić information content (AvgIpc) is 2.69. The van der Waals surface area contributed by atoms with Crippen LogP contribution in [0.2, 0.25) is 0 Å². The zero-order chi connectivity index (χ0) is 18.2. The van der Waals surface area contributed by atoms with Gasteiger partial charge in [-0.2, -0.15) is 9.78 Å². The van der Waals surface area contributed by atoms with Crippen LogP contribution in [0.3, 0.4) is 0 Å². The van der Waals surface area contributed by atoms with E-state index < -0.39 is 5.72 Å². The molecule has 2 aromatic carbocycles. The van der Waals surface area contributed by atoms with Crippen LogP contribution in [-0.2, 0) is 20.3 Å². The van der Waals surface area contributed by atoms with E-state index in [2.05, 4.69) is 6.92 Å². The SMILES string of the molecule is CCCCCCCC1OOC(c2ccccc2)(c2ccccc2)N(C)O1. The Hall–Kier alpha value is -1.72. The molecule has 0 amide bonds. The molecule has 1 aliphatic rings. The zero-order valence-corrected chi connectivity index (χ0v) is 15.8. The summed E-state index contributed by atoms with van der Waals surface area (Å²) >= 11 is 0. The van der Waals surface area contributed by atoms with E-state index in [9.17, 15) is 0 Å². The quantitative estimate of drug-likeness (QED) is 0.469. The largest absolute Gasteiger partial charge is 0.261 e. The lowest BCUT2D eigenvalue weighted by Gasteiger charge is -2.45. The minimum absolute atomic E-state index is 0.373. The fraction of sp³-hybridized carbons (Fsp3) is 0.455. The lowest BCUT2D eigenvalue weighted by molar-refractivity contribution is -0.552. The molecule has 26 heavy (non-hydrogen) atoms. The molecule has 3 rings (SSSR count). The van der Waals surface area contributed by atoms with Gasteiger partial charge in [-0.05, 0) is 6.42 Å². The Labute approximate surface area is 156 Å². The summed E-state index contributed by atoms with van der Waals surface area (Å²) in [6.45, 7) is 2.23. The Kier molecular flexibility index (Phi) is 6.80. The molecule has 0 spiro atoms. The molecule has 0 radical (unpaired) electrons. The van der Waals surface area contributed by atoms with Gasteiger partial charge in [0.25, 0.3) is 0 Å². The first-order chi connectivity index (χ1) is 12.8. The number of hydrogen-bond acceptors (Lipinski definition) is 4. The minimum atomic E-state index is -0.915. The maximum absolute atomic E-state index is 6.10. The Morgan fingerprint density at radius 3 is 1.96 bits per heavy atom. The van der Waals surface area contributed by atoms with Crippen molar-refractivity contribution in [3.63, 3.8) is 0 Å². The van der Waals surface area contributed by atoms with Gasteiger partial charge in [0.15, 0.2) is 0 Å². The molecule has 0 aliphatic carbocycles. The van der Waals surface area contributed by atoms with Gasteiger partial charge in [0.05, 0.1) is 0 Å². The van der Waals surface area contributed by atoms with Gasteiger partial charge in [0.2, 0.25) is 12.0 Å². The lowest BCUT2D eigenvalue weighted by atomic mass is 9.94. The summed E-state index contributed by atoms with van der Waals surface area (Å²) in [5, 5.41) is 1.79.